The van der Waals surface area contributed by atoms with Gasteiger partial charge < -0.3 is 15.6 Å². The summed E-state index contributed by atoms with van der Waals surface area (Å²) < 4.78 is 0. The normalized spacial score (nSPS) is 18.2. The topological polar surface area (TPSA) is 101 Å². The van der Waals surface area contributed by atoms with Gasteiger partial charge in [0, 0.05) is 31.3 Å². The summed E-state index contributed by atoms with van der Waals surface area (Å²) in [6.07, 6.45) is 2.16. The summed E-state index contributed by atoms with van der Waals surface area (Å²) in [5.41, 5.74) is 7.24. The molecule has 1 fully saturated rings. The standard InChI is InChI=1S/C12H15N5O2.ClH/c13-7-9-2-1-5-16(9)12-14-10-4-3-8(17(18)19)6-11(10)15-12;/h3-4,6,9H,1-2,5,7,13H2,(H,14,15);1H. The van der Waals surface area contributed by atoms with Gasteiger partial charge in [-0.05, 0) is 18.9 Å². The minimum Gasteiger partial charge on any atom is -0.338 e. The van der Waals surface area contributed by atoms with Gasteiger partial charge in [0.1, 0.15) is 0 Å². The Hall–Kier alpha value is -1.86. The lowest BCUT2D eigenvalue weighted by molar-refractivity contribution is -0.384. The van der Waals surface area contributed by atoms with Crippen molar-refractivity contribution in [2.75, 3.05) is 18.0 Å². The third-order valence-electron chi connectivity index (χ3n) is 3.59. The Morgan fingerprint density at radius 3 is 3.05 bits per heavy atom. The Bertz CT molecular complexity index is 629. The number of aromatic amines is 1. The zero-order valence-electron chi connectivity index (χ0n) is 10.8. The molecule has 0 bridgehead atoms. The molecule has 3 rings (SSSR count). The molecule has 8 heteroatoms. The summed E-state index contributed by atoms with van der Waals surface area (Å²) in [5.74, 6) is 0.753. The van der Waals surface area contributed by atoms with Gasteiger partial charge >= 0.3 is 0 Å². The number of nitrogens with one attached hydrogen (secondary N) is 1. The summed E-state index contributed by atoms with van der Waals surface area (Å²) in [6, 6.07) is 4.95. The summed E-state index contributed by atoms with van der Waals surface area (Å²) in [5, 5.41) is 10.8. The Kier molecular flexibility index (Phi) is 4.10. The van der Waals surface area contributed by atoms with Crippen molar-refractivity contribution in [3.8, 4) is 0 Å². The highest BCUT2D eigenvalue weighted by Gasteiger charge is 2.25. The molecule has 0 aliphatic carbocycles. The van der Waals surface area contributed by atoms with Gasteiger partial charge in [0.05, 0.1) is 16.0 Å². The van der Waals surface area contributed by atoms with Crippen LogP contribution < -0.4 is 10.6 Å². The summed E-state index contributed by atoms with van der Waals surface area (Å²) in [6.45, 7) is 1.51. The highest BCUT2D eigenvalue weighted by molar-refractivity contribution is 5.85. The molecule has 1 aliphatic rings. The van der Waals surface area contributed by atoms with E-state index in [0.717, 1.165) is 30.9 Å². The largest absolute Gasteiger partial charge is 0.338 e. The highest BCUT2D eigenvalue weighted by atomic mass is 35.5. The SMILES string of the molecule is Cl.NCC1CCCN1c1nc2ccc([N+](=O)[O-])cc2[nH]1. The van der Waals surface area contributed by atoms with E-state index < -0.39 is 4.92 Å². The first-order valence-electron chi connectivity index (χ1n) is 6.30. The van der Waals surface area contributed by atoms with Crippen LogP contribution in [0.25, 0.3) is 11.0 Å². The number of rotatable bonds is 3. The van der Waals surface area contributed by atoms with Crippen molar-refractivity contribution < 1.29 is 4.92 Å². The van der Waals surface area contributed by atoms with E-state index in [1.54, 1.807) is 6.07 Å². The molecule has 0 saturated carbocycles. The number of imidazole rings is 1. The molecule has 2 aromatic rings. The number of hydrogen-bond acceptors (Lipinski definition) is 5. The van der Waals surface area contributed by atoms with Crippen LogP contribution >= 0.6 is 12.4 Å². The van der Waals surface area contributed by atoms with Crippen LogP contribution in [0.1, 0.15) is 12.8 Å². The van der Waals surface area contributed by atoms with Crippen LogP contribution in [0, 0.1) is 10.1 Å². The first kappa shape index (κ1) is 14.5. The second kappa shape index (κ2) is 5.64. The Labute approximate surface area is 121 Å². The van der Waals surface area contributed by atoms with Crippen molar-refractivity contribution in [1.82, 2.24) is 9.97 Å². The van der Waals surface area contributed by atoms with E-state index in [2.05, 4.69) is 14.9 Å². The van der Waals surface area contributed by atoms with Crippen LogP contribution in [0.15, 0.2) is 18.2 Å². The predicted molar refractivity (Wildman–Crippen MR) is 79.4 cm³/mol. The monoisotopic (exact) mass is 297 g/mol. The number of halogens is 1. The van der Waals surface area contributed by atoms with Crippen molar-refractivity contribution in [3.05, 3.63) is 28.3 Å². The molecule has 1 atom stereocenters. The number of fused-ring (bicyclic) bond motifs is 1. The number of aromatic nitrogens is 2. The average molecular weight is 298 g/mol. The van der Waals surface area contributed by atoms with Crippen LogP contribution in [0.5, 0.6) is 0 Å². The van der Waals surface area contributed by atoms with Gasteiger partial charge in [-0.3, -0.25) is 10.1 Å². The Morgan fingerprint density at radius 1 is 1.55 bits per heavy atom. The molecule has 108 valence electrons. The van der Waals surface area contributed by atoms with Gasteiger partial charge in [0.15, 0.2) is 0 Å². The van der Waals surface area contributed by atoms with E-state index in [1.165, 1.54) is 12.1 Å². The Morgan fingerprint density at radius 2 is 2.35 bits per heavy atom. The summed E-state index contributed by atoms with van der Waals surface area (Å²) in [7, 11) is 0. The first-order chi connectivity index (χ1) is 9.19. The minimum absolute atomic E-state index is 0. The molecule has 7 nitrogen and oxygen atoms in total. The fraction of sp³-hybridized carbons (Fsp3) is 0.417. The van der Waals surface area contributed by atoms with Gasteiger partial charge in [0.25, 0.3) is 5.69 Å². The van der Waals surface area contributed by atoms with Crippen molar-refractivity contribution in [1.29, 1.82) is 0 Å². The molecule has 1 unspecified atom stereocenters. The van der Waals surface area contributed by atoms with Crippen LogP contribution in [0.2, 0.25) is 0 Å². The van der Waals surface area contributed by atoms with Crippen LogP contribution in [0.4, 0.5) is 11.6 Å². The molecular weight excluding hydrogens is 282 g/mol. The van der Waals surface area contributed by atoms with E-state index >= 15 is 0 Å². The lowest BCUT2D eigenvalue weighted by Gasteiger charge is -2.22. The number of nitro benzene ring substituents is 1. The summed E-state index contributed by atoms with van der Waals surface area (Å²) in [4.78, 5) is 20.1. The van der Waals surface area contributed by atoms with E-state index in [0.29, 0.717) is 18.1 Å². The molecule has 1 saturated heterocycles. The molecule has 1 aromatic heterocycles. The predicted octanol–water partition coefficient (Wildman–Crippen LogP) is 1.82. The summed E-state index contributed by atoms with van der Waals surface area (Å²) >= 11 is 0. The quantitative estimate of drug-likeness (QED) is 0.664. The van der Waals surface area contributed by atoms with Crippen LogP contribution in [-0.2, 0) is 0 Å². The number of hydrogen-bond donors (Lipinski definition) is 2. The Balaban J connectivity index is 0.00000147. The van der Waals surface area contributed by atoms with E-state index in [1.807, 2.05) is 0 Å². The number of nitrogens with zero attached hydrogens (tertiary/aromatic N) is 3. The zero-order chi connectivity index (χ0) is 13.4. The van der Waals surface area contributed by atoms with Crippen molar-refractivity contribution in [2.24, 2.45) is 5.73 Å². The number of anilines is 1. The van der Waals surface area contributed by atoms with Gasteiger partial charge in [-0.15, -0.1) is 12.4 Å². The number of nitro groups is 1. The lowest BCUT2D eigenvalue weighted by Crippen LogP contribution is -2.36. The average Bonchev–Trinajstić information content (AvgIpc) is 3.03. The maximum absolute atomic E-state index is 10.8. The van der Waals surface area contributed by atoms with Crippen molar-refractivity contribution in [3.63, 3.8) is 0 Å². The zero-order valence-corrected chi connectivity index (χ0v) is 11.6. The second-order valence-electron chi connectivity index (χ2n) is 4.74. The maximum Gasteiger partial charge on any atom is 0.271 e. The smallest absolute Gasteiger partial charge is 0.271 e. The van der Waals surface area contributed by atoms with Gasteiger partial charge in [-0.25, -0.2) is 4.98 Å². The number of non-ortho nitro benzene ring substituents is 1. The number of H-pyrrole nitrogens is 1. The van der Waals surface area contributed by atoms with Gasteiger partial charge in [-0.2, -0.15) is 0 Å². The van der Waals surface area contributed by atoms with E-state index in [-0.39, 0.29) is 18.1 Å². The molecule has 20 heavy (non-hydrogen) atoms. The number of benzene rings is 1. The molecule has 0 spiro atoms. The fourth-order valence-electron chi connectivity index (χ4n) is 2.59. The maximum atomic E-state index is 10.8. The molecule has 0 radical (unpaired) electrons. The molecular formula is C12H16ClN5O2. The second-order valence-corrected chi connectivity index (χ2v) is 4.74. The van der Waals surface area contributed by atoms with E-state index in [9.17, 15) is 10.1 Å². The highest BCUT2D eigenvalue weighted by Crippen LogP contribution is 2.26. The van der Waals surface area contributed by atoms with Gasteiger partial charge in [0.2, 0.25) is 5.95 Å². The molecule has 0 amide bonds. The third kappa shape index (κ3) is 2.41. The first-order valence-corrected chi connectivity index (χ1v) is 6.30. The molecule has 3 N–H and O–H groups in total. The number of nitrogens with two attached hydrogens (primary N) is 1. The fourth-order valence-corrected chi connectivity index (χ4v) is 2.59. The molecule has 1 aliphatic heterocycles. The van der Waals surface area contributed by atoms with Crippen molar-refractivity contribution >= 4 is 35.1 Å². The van der Waals surface area contributed by atoms with Crippen molar-refractivity contribution in [2.45, 2.75) is 18.9 Å². The third-order valence-corrected chi connectivity index (χ3v) is 3.59. The lowest BCUT2D eigenvalue weighted by atomic mass is 10.2. The van der Waals surface area contributed by atoms with Crippen LogP contribution in [0.3, 0.4) is 0 Å². The van der Waals surface area contributed by atoms with Crippen LogP contribution in [-0.4, -0.2) is 34.0 Å². The van der Waals surface area contributed by atoms with E-state index in [4.69, 9.17) is 5.73 Å². The van der Waals surface area contributed by atoms with Gasteiger partial charge in [-0.1, -0.05) is 0 Å². The molecule has 2 heterocycles. The minimum atomic E-state index is -0.404. The molecule has 1 aromatic carbocycles.